The summed E-state index contributed by atoms with van der Waals surface area (Å²) in [5.41, 5.74) is 0.753. The Hall–Kier alpha value is -1.66. The van der Waals surface area contributed by atoms with Crippen molar-refractivity contribution >= 4 is 5.91 Å². The zero-order valence-corrected chi connectivity index (χ0v) is 12.9. The Kier molecular flexibility index (Phi) is 5.14. The average molecular weight is 293 g/mol. The van der Waals surface area contributed by atoms with Crippen LogP contribution in [0.2, 0.25) is 0 Å². The van der Waals surface area contributed by atoms with Crippen molar-refractivity contribution in [3.8, 4) is 0 Å². The predicted octanol–water partition coefficient (Wildman–Crippen LogP) is 0.00172. The first kappa shape index (κ1) is 15.7. The molecule has 1 aliphatic rings. The van der Waals surface area contributed by atoms with Gasteiger partial charge in [0.25, 0.3) is 11.5 Å². The predicted molar refractivity (Wildman–Crippen MR) is 80.6 cm³/mol. The fourth-order valence-corrected chi connectivity index (χ4v) is 2.41. The molecule has 0 radical (unpaired) electrons. The number of hydrogen-bond acceptors (Lipinski definition) is 4. The summed E-state index contributed by atoms with van der Waals surface area (Å²) in [6.07, 6.45) is 0. The van der Waals surface area contributed by atoms with E-state index in [0.717, 1.165) is 25.4 Å². The van der Waals surface area contributed by atoms with Gasteiger partial charge >= 0.3 is 0 Å². The monoisotopic (exact) mass is 293 g/mol. The zero-order chi connectivity index (χ0) is 15.4. The molecule has 2 rings (SSSR count). The highest BCUT2D eigenvalue weighted by Crippen LogP contribution is 2.05. The van der Waals surface area contributed by atoms with Gasteiger partial charge in [-0.05, 0) is 26.1 Å². The molecule has 0 bridgehead atoms. The molecular formula is C15H23N3O3. The van der Waals surface area contributed by atoms with Gasteiger partial charge in [-0.15, -0.1) is 0 Å². The van der Waals surface area contributed by atoms with E-state index in [-0.39, 0.29) is 22.9 Å². The first-order chi connectivity index (χ1) is 9.99. The van der Waals surface area contributed by atoms with E-state index in [1.807, 2.05) is 14.0 Å². The second-order valence-corrected chi connectivity index (χ2v) is 5.67. The summed E-state index contributed by atoms with van der Waals surface area (Å²) in [5.74, 6) is -0.0711. The third-order valence-electron chi connectivity index (χ3n) is 3.89. The normalized spacial score (nSPS) is 20.0. The first-order valence-electron chi connectivity index (χ1n) is 7.20. The van der Waals surface area contributed by atoms with Crippen LogP contribution in [0.5, 0.6) is 0 Å². The van der Waals surface area contributed by atoms with Crippen molar-refractivity contribution in [2.45, 2.75) is 6.92 Å². The van der Waals surface area contributed by atoms with Crippen LogP contribution in [0.1, 0.15) is 16.1 Å². The zero-order valence-electron chi connectivity index (χ0n) is 12.9. The van der Waals surface area contributed by atoms with E-state index < -0.39 is 0 Å². The highest BCUT2D eigenvalue weighted by atomic mass is 16.5. The Labute approximate surface area is 124 Å². The molecule has 0 spiro atoms. The van der Waals surface area contributed by atoms with Crippen LogP contribution in [0, 0.1) is 12.8 Å². The Bertz CT molecular complexity index is 568. The molecule has 1 aromatic rings. The summed E-state index contributed by atoms with van der Waals surface area (Å²) in [7, 11) is 3.71. The molecule has 1 N–H and O–H groups in total. The van der Waals surface area contributed by atoms with Crippen molar-refractivity contribution in [3.63, 3.8) is 0 Å². The Morgan fingerprint density at radius 2 is 2.19 bits per heavy atom. The van der Waals surface area contributed by atoms with Gasteiger partial charge in [-0.2, -0.15) is 0 Å². The molecule has 1 fully saturated rings. The van der Waals surface area contributed by atoms with Gasteiger partial charge in [0.05, 0.1) is 13.2 Å². The minimum absolute atomic E-state index is 0.186. The SMILES string of the molecule is Cc1ccc(C(=O)NC[C@H]2COCCN(C)C2)c(=O)n1C. The molecule has 1 aromatic heterocycles. The number of hydrogen-bond donors (Lipinski definition) is 1. The number of rotatable bonds is 3. The van der Waals surface area contributed by atoms with Gasteiger partial charge < -0.3 is 19.5 Å². The Morgan fingerprint density at radius 1 is 1.43 bits per heavy atom. The fraction of sp³-hybridized carbons (Fsp3) is 0.600. The number of aryl methyl sites for hydroxylation is 1. The number of carbonyl (C=O) groups excluding carboxylic acids is 1. The average Bonchev–Trinajstić information content (AvgIpc) is 2.66. The summed E-state index contributed by atoms with van der Waals surface area (Å²) < 4.78 is 7.00. The Morgan fingerprint density at radius 3 is 2.95 bits per heavy atom. The molecule has 0 aliphatic carbocycles. The number of ether oxygens (including phenoxy) is 1. The van der Waals surface area contributed by atoms with Crippen LogP contribution in [0.25, 0.3) is 0 Å². The van der Waals surface area contributed by atoms with Crippen molar-refractivity contribution in [3.05, 3.63) is 33.7 Å². The number of amides is 1. The van der Waals surface area contributed by atoms with Crippen molar-refractivity contribution in [2.24, 2.45) is 13.0 Å². The maximum absolute atomic E-state index is 12.2. The van der Waals surface area contributed by atoms with Crippen molar-refractivity contribution in [2.75, 3.05) is 39.9 Å². The molecule has 6 heteroatoms. The molecule has 116 valence electrons. The van der Waals surface area contributed by atoms with Crippen LogP contribution in [-0.4, -0.2) is 55.3 Å². The van der Waals surface area contributed by atoms with E-state index in [9.17, 15) is 9.59 Å². The molecule has 0 aromatic carbocycles. The highest BCUT2D eigenvalue weighted by Gasteiger charge is 2.18. The van der Waals surface area contributed by atoms with Crippen molar-refractivity contribution < 1.29 is 9.53 Å². The van der Waals surface area contributed by atoms with E-state index >= 15 is 0 Å². The van der Waals surface area contributed by atoms with Gasteiger partial charge in [0.15, 0.2) is 0 Å². The quantitative estimate of drug-likeness (QED) is 0.852. The topological polar surface area (TPSA) is 63.6 Å². The minimum Gasteiger partial charge on any atom is -0.380 e. The van der Waals surface area contributed by atoms with Crippen LogP contribution in [0.15, 0.2) is 16.9 Å². The summed E-state index contributed by atoms with van der Waals surface area (Å²) >= 11 is 0. The summed E-state index contributed by atoms with van der Waals surface area (Å²) in [6.45, 7) is 5.49. The number of aromatic nitrogens is 1. The maximum Gasteiger partial charge on any atom is 0.263 e. The lowest BCUT2D eigenvalue weighted by molar-refractivity contribution is 0.0919. The molecule has 1 saturated heterocycles. The lowest BCUT2D eigenvalue weighted by Gasteiger charge is -2.19. The van der Waals surface area contributed by atoms with Gasteiger partial charge in [-0.3, -0.25) is 9.59 Å². The lowest BCUT2D eigenvalue weighted by atomic mass is 10.1. The molecular weight excluding hydrogens is 270 g/mol. The molecule has 1 aliphatic heterocycles. The van der Waals surface area contributed by atoms with E-state index in [4.69, 9.17) is 4.74 Å². The van der Waals surface area contributed by atoms with Gasteiger partial charge in [0, 0.05) is 38.3 Å². The second-order valence-electron chi connectivity index (χ2n) is 5.67. The molecule has 2 heterocycles. The molecule has 0 unspecified atom stereocenters. The van der Waals surface area contributed by atoms with E-state index in [1.165, 1.54) is 4.57 Å². The molecule has 6 nitrogen and oxygen atoms in total. The number of nitrogens with one attached hydrogen (secondary N) is 1. The number of likely N-dealkylation sites (N-methyl/N-ethyl adjacent to an activating group) is 1. The highest BCUT2D eigenvalue weighted by molar-refractivity contribution is 5.93. The molecule has 21 heavy (non-hydrogen) atoms. The first-order valence-corrected chi connectivity index (χ1v) is 7.20. The summed E-state index contributed by atoms with van der Waals surface area (Å²) in [4.78, 5) is 26.4. The number of nitrogens with zero attached hydrogens (tertiary/aromatic N) is 2. The number of carbonyl (C=O) groups is 1. The maximum atomic E-state index is 12.2. The van der Waals surface area contributed by atoms with Crippen LogP contribution >= 0.6 is 0 Å². The van der Waals surface area contributed by atoms with E-state index in [1.54, 1.807) is 19.2 Å². The van der Waals surface area contributed by atoms with E-state index in [0.29, 0.717) is 13.2 Å². The van der Waals surface area contributed by atoms with Crippen LogP contribution in [-0.2, 0) is 11.8 Å². The van der Waals surface area contributed by atoms with Gasteiger partial charge in [0.2, 0.25) is 0 Å². The smallest absolute Gasteiger partial charge is 0.263 e. The standard InChI is InChI=1S/C15H23N3O3/c1-11-4-5-13(15(20)18(11)3)14(19)16-8-12-9-17(2)6-7-21-10-12/h4-5,12H,6-10H2,1-3H3,(H,16,19)/t12-/m1/s1. The van der Waals surface area contributed by atoms with Gasteiger partial charge in [0.1, 0.15) is 5.56 Å². The fourth-order valence-electron chi connectivity index (χ4n) is 2.41. The van der Waals surface area contributed by atoms with Gasteiger partial charge in [-0.25, -0.2) is 0 Å². The van der Waals surface area contributed by atoms with Crippen LogP contribution in [0.3, 0.4) is 0 Å². The largest absolute Gasteiger partial charge is 0.380 e. The minimum atomic E-state index is -0.317. The van der Waals surface area contributed by atoms with Gasteiger partial charge in [-0.1, -0.05) is 0 Å². The third-order valence-corrected chi connectivity index (χ3v) is 3.89. The molecule has 0 saturated carbocycles. The third kappa shape index (κ3) is 3.92. The molecule has 1 amide bonds. The van der Waals surface area contributed by atoms with Crippen LogP contribution < -0.4 is 10.9 Å². The Balaban J connectivity index is 1.99. The summed E-state index contributed by atoms with van der Waals surface area (Å²) in [5, 5.41) is 2.85. The number of pyridine rings is 1. The lowest BCUT2D eigenvalue weighted by Crippen LogP contribution is -2.38. The van der Waals surface area contributed by atoms with Crippen molar-refractivity contribution in [1.29, 1.82) is 0 Å². The van der Waals surface area contributed by atoms with Crippen LogP contribution in [0.4, 0.5) is 0 Å². The van der Waals surface area contributed by atoms with Crippen molar-refractivity contribution in [1.82, 2.24) is 14.8 Å². The second kappa shape index (κ2) is 6.87. The molecule has 1 atom stereocenters. The summed E-state index contributed by atoms with van der Waals surface area (Å²) in [6, 6.07) is 3.36. The van der Waals surface area contributed by atoms with E-state index in [2.05, 4.69) is 10.2 Å².